The molecular formula is C20H17N. The highest BCUT2D eigenvalue weighted by molar-refractivity contribution is 5.84. The van der Waals surface area contributed by atoms with Gasteiger partial charge in [0.25, 0.3) is 0 Å². The Hall–Kier alpha value is -2.54. The van der Waals surface area contributed by atoms with Crippen molar-refractivity contribution in [1.82, 2.24) is 5.32 Å². The van der Waals surface area contributed by atoms with E-state index in [0.29, 0.717) is 0 Å². The standard InChI is InChI=1S/C20H17N/c1-14-5-4-7-16(11-14)20-12-19-17(13-21-20)10-9-15-6-2-3-8-18(15)19/h2-13,20-21H,1H3. The van der Waals surface area contributed by atoms with Gasteiger partial charge in [-0.15, -0.1) is 0 Å². The molecule has 102 valence electrons. The zero-order valence-electron chi connectivity index (χ0n) is 12.0. The van der Waals surface area contributed by atoms with Crippen molar-refractivity contribution in [2.75, 3.05) is 0 Å². The second kappa shape index (κ2) is 4.78. The first-order valence-corrected chi connectivity index (χ1v) is 7.34. The van der Waals surface area contributed by atoms with E-state index in [1.54, 1.807) is 0 Å². The lowest BCUT2D eigenvalue weighted by Gasteiger charge is -2.18. The van der Waals surface area contributed by atoms with Gasteiger partial charge >= 0.3 is 0 Å². The summed E-state index contributed by atoms with van der Waals surface area (Å²) in [4.78, 5) is 0. The molecule has 21 heavy (non-hydrogen) atoms. The van der Waals surface area contributed by atoms with E-state index in [0.717, 1.165) is 0 Å². The normalized spacial score (nSPS) is 16.5. The second-order valence-corrected chi connectivity index (χ2v) is 5.66. The third-order valence-corrected chi connectivity index (χ3v) is 4.16. The molecule has 0 spiro atoms. The van der Waals surface area contributed by atoms with Gasteiger partial charge in [-0.3, -0.25) is 0 Å². The first kappa shape index (κ1) is 12.2. The summed E-state index contributed by atoms with van der Waals surface area (Å²) in [5.41, 5.74) is 2.61. The Morgan fingerprint density at radius 1 is 0.905 bits per heavy atom. The van der Waals surface area contributed by atoms with Crippen molar-refractivity contribution in [3.05, 3.63) is 82.2 Å². The fourth-order valence-electron chi connectivity index (χ4n) is 3.07. The molecule has 3 aromatic rings. The van der Waals surface area contributed by atoms with Gasteiger partial charge in [0.1, 0.15) is 0 Å². The Morgan fingerprint density at radius 3 is 2.71 bits per heavy atom. The highest BCUT2D eigenvalue weighted by Gasteiger charge is 2.10. The van der Waals surface area contributed by atoms with Crippen molar-refractivity contribution < 1.29 is 0 Å². The van der Waals surface area contributed by atoms with E-state index in [-0.39, 0.29) is 6.04 Å². The van der Waals surface area contributed by atoms with Crippen molar-refractivity contribution in [2.24, 2.45) is 0 Å². The molecule has 1 atom stereocenters. The summed E-state index contributed by atoms with van der Waals surface area (Å²) in [6, 6.07) is 21.9. The number of hydrogen-bond acceptors (Lipinski definition) is 1. The van der Waals surface area contributed by atoms with E-state index >= 15 is 0 Å². The lowest BCUT2D eigenvalue weighted by atomic mass is 9.98. The summed E-state index contributed by atoms with van der Waals surface area (Å²) in [7, 11) is 0. The van der Waals surface area contributed by atoms with Gasteiger partial charge in [0, 0.05) is 6.20 Å². The van der Waals surface area contributed by atoms with Crippen molar-refractivity contribution >= 4 is 23.0 Å². The summed E-state index contributed by atoms with van der Waals surface area (Å²) in [5.74, 6) is 0. The third-order valence-electron chi connectivity index (χ3n) is 4.16. The van der Waals surface area contributed by atoms with Gasteiger partial charge in [-0.1, -0.05) is 66.2 Å². The average molecular weight is 271 g/mol. The number of benzene rings is 3. The van der Waals surface area contributed by atoms with E-state index in [1.807, 2.05) is 0 Å². The van der Waals surface area contributed by atoms with Crippen molar-refractivity contribution in [3.8, 4) is 0 Å². The molecule has 0 aliphatic carbocycles. The minimum Gasteiger partial charge on any atom is -0.380 e. The Labute approximate surface area is 124 Å². The van der Waals surface area contributed by atoms with Crippen LogP contribution in [0.2, 0.25) is 0 Å². The SMILES string of the molecule is Cc1cccc(C2C=c3c(ccc4ccccc34)=CN2)c1. The Balaban J connectivity index is 1.95. The lowest BCUT2D eigenvalue weighted by Crippen LogP contribution is -2.35. The smallest absolute Gasteiger partial charge is 0.0702 e. The minimum absolute atomic E-state index is 0.239. The van der Waals surface area contributed by atoms with E-state index in [9.17, 15) is 0 Å². The van der Waals surface area contributed by atoms with Crippen molar-refractivity contribution in [2.45, 2.75) is 13.0 Å². The Bertz CT molecular complexity index is 937. The van der Waals surface area contributed by atoms with Gasteiger partial charge < -0.3 is 5.32 Å². The maximum absolute atomic E-state index is 3.50. The van der Waals surface area contributed by atoms with Crippen LogP contribution in [-0.2, 0) is 0 Å². The average Bonchev–Trinajstić information content (AvgIpc) is 2.54. The molecular weight excluding hydrogens is 254 g/mol. The Kier molecular flexibility index (Phi) is 2.78. The van der Waals surface area contributed by atoms with Crippen LogP contribution in [0.15, 0.2) is 60.7 Å². The van der Waals surface area contributed by atoms with Gasteiger partial charge in [0.05, 0.1) is 6.04 Å². The van der Waals surface area contributed by atoms with Crippen LogP contribution in [0.25, 0.3) is 23.0 Å². The van der Waals surface area contributed by atoms with Crippen molar-refractivity contribution in [3.63, 3.8) is 0 Å². The summed E-state index contributed by atoms with van der Waals surface area (Å²) in [6.45, 7) is 2.14. The van der Waals surface area contributed by atoms with Gasteiger partial charge in [0.2, 0.25) is 0 Å². The molecule has 1 N–H and O–H groups in total. The van der Waals surface area contributed by atoms with Crippen LogP contribution in [0, 0.1) is 6.92 Å². The van der Waals surface area contributed by atoms with Crippen LogP contribution < -0.4 is 15.8 Å². The monoisotopic (exact) mass is 271 g/mol. The summed E-state index contributed by atoms with van der Waals surface area (Å²) in [6.07, 6.45) is 4.47. The number of nitrogens with one attached hydrogen (secondary N) is 1. The quantitative estimate of drug-likeness (QED) is 0.717. The second-order valence-electron chi connectivity index (χ2n) is 5.66. The van der Waals surface area contributed by atoms with Crippen LogP contribution >= 0.6 is 0 Å². The minimum atomic E-state index is 0.239. The number of rotatable bonds is 1. The van der Waals surface area contributed by atoms with Crippen LogP contribution in [-0.4, -0.2) is 0 Å². The molecule has 3 aromatic carbocycles. The molecule has 0 saturated carbocycles. The molecule has 0 saturated heterocycles. The van der Waals surface area contributed by atoms with E-state index in [2.05, 4.69) is 85.2 Å². The molecule has 0 amide bonds. The molecule has 1 unspecified atom stereocenters. The van der Waals surface area contributed by atoms with Gasteiger partial charge in [-0.05, 0) is 39.8 Å². The molecule has 1 heterocycles. The molecule has 0 radical (unpaired) electrons. The molecule has 4 rings (SSSR count). The van der Waals surface area contributed by atoms with E-state index in [4.69, 9.17) is 0 Å². The molecule has 1 aliphatic heterocycles. The molecule has 1 aliphatic rings. The summed E-state index contributed by atoms with van der Waals surface area (Å²) < 4.78 is 0. The maximum Gasteiger partial charge on any atom is 0.0702 e. The molecule has 0 aromatic heterocycles. The first-order chi connectivity index (χ1) is 10.3. The zero-order valence-corrected chi connectivity index (χ0v) is 12.0. The van der Waals surface area contributed by atoms with Gasteiger partial charge in [-0.2, -0.15) is 0 Å². The van der Waals surface area contributed by atoms with Crippen LogP contribution in [0.3, 0.4) is 0 Å². The molecule has 1 heteroatoms. The largest absolute Gasteiger partial charge is 0.380 e. The maximum atomic E-state index is 3.50. The summed E-state index contributed by atoms with van der Waals surface area (Å²) in [5, 5.41) is 8.72. The highest BCUT2D eigenvalue weighted by Crippen LogP contribution is 2.18. The highest BCUT2D eigenvalue weighted by atomic mass is 14.9. The number of aryl methyl sites for hydroxylation is 1. The predicted molar refractivity (Wildman–Crippen MR) is 89.2 cm³/mol. The summed E-state index contributed by atoms with van der Waals surface area (Å²) >= 11 is 0. The van der Waals surface area contributed by atoms with Gasteiger partial charge in [-0.25, -0.2) is 0 Å². The van der Waals surface area contributed by atoms with Crippen LogP contribution in [0.1, 0.15) is 17.2 Å². The number of fused-ring (bicyclic) bond motifs is 3. The Morgan fingerprint density at radius 2 is 1.81 bits per heavy atom. The zero-order chi connectivity index (χ0) is 14.2. The third kappa shape index (κ3) is 2.11. The van der Waals surface area contributed by atoms with Gasteiger partial charge in [0.15, 0.2) is 0 Å². The topological polar surface area (TPSA) is 12.0 Å². The molecule has 0 bridgehead atoms. The van der Waals surface area contributed by atoms with E-state index < -0.39 is 0 Å². The first-order valence-electron chi connectivity index (χ1n) is 7.34. The van der Waals surface area contributed by atoms with Crippen molar-refractivity contribution in [1.29, 1.82) is 0 Å². The fourth-order valence-corrected chi connectivity index (χ4v) is 3.07. The predicted octanol–water partition coefficient (Wildman–Crippen LogP) is 3.01. The van der Waals surface area contributed by atoms with E-state index in [1.165, 1.54) is 32.3 Å². The van der Waals surface area contributed by atoms with Crippen LogP contribution in [0.5, 0.6) is 0 Å². The lowest BCUT2D eigenvalue weighted by molar-refractivity contribution is 0.814. The number of hydrogen-bond donors (Lipinski definition) is 1. The molecule has 1 nitrogen and oxygen atoms in total. The molecule has 0 fully saturated rings. The van der Waals surface area contributed by atoms with Crippen LogP contribution in [0.4, 0.5) is 0 Å². The fraction of sp³-hybridized carbons (Fsp3) is 0.100.